The van der Waals surface area contributed by atoms with Crippen molar-refractivity contribution in [2.24, 2.45) is 0 Å². The lowest BCUT2D eigenvalue weighted by Gasteiger charge is -2.40. The van der Waals surface area contributed by atoms with Crippen LogP contribution in [0.5, 0.6) is 0 Å². The van der Waals surface area contributed by atoms with E-state index in [4.69, 9.17) is 14.6 Å². The second-order valence-corrected chi connectivity index (χ2v) is 4.33. The summed E-state index contributed by atoms with van der Waals surface area (Å²) >= 11 is 0. The summed E-state index contributed by atoms with van der Waals surface area (Å²) in [4.78, 5) is 10.7. The van der Waals surface area contributed by atoms with Gasteiger partial charge in [-0.25, -0.2) is 0 Å². The summed E-state index contributed by atoms with van der Waals surface area (Å²) in [5, 5.41) is 8.79. The van der Waals surface area contributed by atoms with E-state index in [1.165, 1.54) is 0 Å². The molecule has 1 heterocycles. The number of carboxylic acid groups (broad SMARTS) is 1. The van der Waals surface area contributed by atoms with Crippen molar-refractivity contribution in [1.29, 1.82) is 0 Å². The molecule has 0 amide bonds. The van der Waals surface area contributed by atoms with E-state index in [9.17, 15) is 4.79 Å². The van der Waals surface area contributed by atoms with E-state index in [2.05, 4.69) is 0 Å². The SMILES string of the molecule is O=C(O)CC1(COCc2ccccc2)CCO1. The van der Waals surface area contributed by atoms with Crippen LogP contribution in [-0.4, -0.2) is 29.9 Å². The number of ether oxygens (including phenoxy) is 2. The fourth-order valence-electron chi connectivity index (χ4n) is 1.90. The normalized spacial score (nSPS) is 23.1. The maximum atomic E-state index is 10.7. The maximum Gasteiger partial charge on any atom is 0.306 e. The molecule has 1 aliphatic heterocycles. The molecule has 0 spiro atoms. The highest BCUT2D eigenvalue weighted by Gasteiger charge is 2.40. The van der Waals surface area contributed by atoms with Crippen LogP contribution in [0.25, 0.3) is 0 Å². The maximum absolute atomic E-state index is 10.7. The van der Waals surface area contributed by atoms with E-state index in [0.717, 1.165) is 12.0 Å². The van der Waals surface area contributed by atoms with E-state index >= 15 is 0 Å². The lowest BCUT2D eigenvalue weighted by Crippen LogP contribution is -2.49. The molecule has 1 aliphatic rings. The molecule has 0 bridgehead atoms. The molecule has 92 valence electrons. The van der Waals surface area contributed by atoms with Crippen molar-refractivity contribution in [1.82, 2.24) is 0 Å². The molecule has 0 aliphatic carbocycles. The molecule has 1 aromatic carbocycles. The van der Waals surface area contributed by atoms with Crippen molar-refractivity contribution < 1.29 is 19.4 Å². The lowest BCUT2D eigenvalue weighted by molar-refractivity contribution is -0.194. The van der Waals surface area contributed by atoms with Crippen LogP contribution in [-0.2, 0) is 20.9 Å². The van der Waals surface area contributed by atoms with E-state index in [-0.39, 0.29) is 6.42 Å². The summed E-state index contributed by atoms with van der Waals surface area (Å²) < 4.78 is 10.9. The Morgan fingerprint density at radius 1 is 1.41 bits per heavy atom. The number of benzene rings is 1. The minimum absolute atomic E-state index is 0.0157. The highest BCUT2D eigenvalue weighted by atomic mass is 16.6. The van der Waals surface area contributed by atoms with Gasteiger partial charge in [-0.2, -0.15) is 0 Å². The molecule has 1 atom stereocenters. The number of carboxylic acids is 1. The number of hydrogen-bond donors (Lipinski definition) is 1. The molecule has 4 heteroatoms. The van der Waals surface area contributed by atoms with Gasteiger partial charge in [0.2, 0.25) is 0 Å². The molecule has 0 radical (unpaired) electrons. The van der Waals surface area contributed by atoms with Crippen molar-refractivity contribution in [2.75, 3.05) is 13.2 Å². The van der Waals surface area contributed by atoms with E-state index in [0.29, 0.717) is 19.8 Å². The van der Waals surface area contributed by atoms with E-state index in [1.54, 1.807) is 0 Å². The van der Waals surface area contributed by atoms with Gasteiger partial charge in [-0.15, -0.1) is 0 Å². The molecule has 2 rings (SSSR count). The minimum atomic E-state index is -0.840. The molecule has 1 saturated heterocycles. The second kappa shape index (κ2) is 5.29. The molecule has 1 unspecified atom stereocenters. The average molecular weight is 236 g/mol. The fraction of sp³-hybridized carbons (Fsp3) is 0.462. The van der Waals surface area contributed by atoms with Gasteiger partial charge in [0.15, 0.2) is 0 Å². The van der Waals surface area contributed by atoms with Crippen LogP contribution in [0, 0.1) is 0 Å². The number of carbonyl (C=O) groups is 1. The zero-order valence-electron chi connectivity index (χ0n) is 9.59. The van der Waals surface area contributed by atoms with Crippen molar-refractivity contribution in [3.05, 3.63) is 35.9 Å². The highest BCUT2D eigenvalue weighted by molar-refractivity contribution is 5.68. The first-order valence-corrected chi connectivity index (χ1v) is 5.68. The van der Waals surface area contributed by atoms with Crippen LogP contribution < -0.4 is 0 Å². The van der Waals surface area contributed by atoms with Gasteiger partial charge in [0.05, 0.1) is 26.2 Å². The van der Waals surface area contributed by atoms with Crippen LogP contribution in [0.4, 0.5) is 0 Å². The summed E-state index contributed by atoms with van der Waals surface area (Å²) in [6.07, 6.45) is 0.774. The molecule has 1 aromatic rings. The molecular formula is C13H16O4. The molecule has 0 aromatic heterocycles. The summed E-state index contributed by atoms with van der Waals surface area (Å²) in [6.45, 7) is 1.46. The Kier molecular flexibility index (Phi) is 3.76. The molecule has 0 saturated carbocycles. The lowest BCUT2D eigenvalue weighted by atomic mass is 9.92. The fourth-order valence-corrected chi connectivity index (χ4v) is 1.90. The first-order chi connectivity index (χ1) is 8.20. The summed E-state index contributed by atoms with van der Waals surface area (Å²) in [5.41, 5.74) is 0.484. The first kappa shape index (κ1) is 12.1. The van der Waals surface area contributed by atoms with Gasteiger partial charge < -0.3 is 14.6 Å². The standard InChI is InChI=1S/C13H16O4/c14-12(15)8-13(6-7-17-13)10-16-9-11-4-2-1-3-5-11/h1-5H,6-10H2,(H,14,15). The van der Waals surface area contributed by atoms with Gasteiger partial charge in [-0.1, -0.05) is 30.3 Å². The summed E-state index contributed by atoms with van der Waals surface area (Å²) in [6, 6.07) is 9.80. The molecule has 1 N–H and O–H groups in total. The Balaban J connectivity index is 1.79. The Morgan fingerprint density at radius 3 is 2.65 bits per heavy atom. The Morgan fingerprint density at radius 2 is 2.12 bits per heavy atom. The molecule has 1 fully saturated rings. The first-order valence-electron chi connectivity index (χ1n) is 5.68. The Bertz CT molecular complexity index is 370. The third kappa shape index (κ3) is 3.28. The van der Waals surface area contributed by atoms with Crippen LogP contribution >= 0.6 is 0 Å². The van der Waals surface area contributed by atoms with Gasteiger partial charge in [0.25, 0.3) is 0 Å². The van der Waals surface area contributed by atoms with Gasteiger partial charge in [-0.3, -0.25) is 4.79 Å². The van der Waals surface area contributed by atoms with Crippen molar-refractivity contribution in [3.63, 3.8) is 0 Å². The molecule has 17 heavy (non-hydrogen) atoms. The van der Waals surface area contributed by atoms with Crippen LogP contribution in [0.15, 0.2) is 30.3 Å². The third-order valence-electron chi connectivity index (χ3n) is 2.92. The van der Waals surface area contributed by atoms with Crippen LogP contribution in [0.2, 0.25) is 0 Å². The zero-order valence-corrected chi connectivity index (χ0v) is 9.59. The number of hydrogen-bond acceptors (Lipinski definition) is 3. The number of aliphatic carboxylic acids is 1. The van der Waals surface area contributed by atoms with Gasteiger partial charge in [-0.05, 0) is 5.56 Å². The smallest absolute Gasteiger partial charge is 0.306 e. The van der Waals surface area contributed by atoms with Crippen molar-refractivity contribution in [2.45, 2.75) is 25.0 Å². The monoisotopic (exact) mass is 236 g/mol. The quantitative estimate of drug-likeness (QED) is 0.818. The summed E-state index contributed by atoms with van der Waals surface area (Å²) in [5.74, 6) is -0.840. The minimum Gasteiger partial charge on any atom is -0.481 e. The largest absolute Gasteiger partial charge is 0.481 e. The predicted octanol–water partition coefficient (Wildman–Crippen LogP) is 1.84. The van der Waals surface area contributed by atoms with Crippen molar-refractivity contribution >= 4 is 5.97 Å². The summed E-state index contributed by atoms with van der Waals surface area (Å²) in [7, 11) is 0. The second-order valence-electron chi connectivity index (χ2n) is 4.33. The van der Waals surface area contributed by atoms with Crippen LogP contribution in [0.1, 0.15) is 18.4 Å². The molecular weight excluding hydrogens is 220 g/mol. The predicted molar refractivity (Wildman–Crippen MR) is 61.7 cm³/mol. The third-order valence-corrected chi connectivity index (χ3v) is 2.92. The average Bonchev–Trinajstić information content (AvgIpc) is 2.26. The number of rotatable bonds is 6. The van der Waals surface area contributed by atoms with E-state index in [1.807, 2.05) is 30.3 Å². The highest BCUT2D eigenvalue weighted by Crippen LogP contribution is 2.30. The van der Waals surface area contributed by atoms with Gasteiger partial charge in [0, 0.05) is 6.42 Å². The molecule has 4 nitrogen and oxygen atoms in total. The van der Waals surface area contributed by atoms with Crippen molar-refractivity contribution in [3.8, 4) is 0 Å². The zero-order chi connectivity index (χ0) is 12.1. The van der Waals surface area contributed by atoms with E-state index < -0.39 is 11.6 Å². The topological polar surface area (TPSA) is 55.8 Å². The van der Waals surface area contributed by atoms with Gasteiger partial charge in [0.1, 0.15) is 5.60 Å². The van der Waals surface area contributed by atoms with Crippen LogP contribution in [0.3, 0.4) is 0 Å². The Hall–Kier alpha value is -1.39. The van der Waals surface area contributed by atoms with Gasteiger partial charge >= 0.3 is 5.97 Å². The Labute approximate surface area is 100 Å².